The number of hydrogen-bond donors (Lipinski definition) is 1. The highest BCUT2D eigenvalue weighted by molar-refractivity contribution is 5.55. The third-order valence-corrected chi connectivity index (χ3v) is 4.32. The van der Waals surface area contributed by atoms with E-state index in [4.69, 9.17) is 0 Å². The molecule has 0 bridgehead atoms. The summed E-state index contributed by atoms with van der Waals surface area (Å²) in [4.78, 5) is 2.56. The molecule has 0 saturated heterocycles. The predicted molar refractivity (Wildman–Crippen MR) is 86.1 cm³/mol. The first kappa shape index (κ1) is 15.4. The zero-order chi connectivity index (χ0) is 14.5. The number of rotatable bonds is 6. The maximum absolute atomic E-state index is 10.3. The van der Waals surface area contributed by atoms with Crippen molar-refractivity contribution >= 4 is 5.69 Å². The zero-order valence-corrected chi connectivity index (χ0v) is 13.2. The van der Waals surface area contributed by atoms with E-state index in [1.165, 1.54) is 31.4 Å². The summed E-state index contributed by atoms with van der Waals surface area (Å²) in [7, 11) is 0. The molecular weight excluding hydrogens is 246 g/mol. The molecule has 112 valence electrons. The van der Waals surface area contributed by atoms with Gasteiger partial charge in [-0.05, 0) is 31.2 Å². The molecule has 0 heterocycles. The van der Waals surface area contributed by atoms with E-state index in [2.05, 4.69) is 36.9 Å². The van der Waals surface area contributed by atoms with Crippen molar-refractivity contribution < 1.29 is 5.11 Å². The van der Waals surface area contributed by atoms with Gasteiger partial charge in [0.2, 0.25) is 0 Å². The molecule has 0 aliphatic heterocycles. The molecule has 1 aliphatic rings. The molecule has 1 N–H and O–H groups in total. The van der Waals surface area contributed by atoms with Crippen molar-refractivity contribution in [1.82, 2.24) is 0 Å². The van der Waals surface area contributed by atoms with Crippen molar-refractivity contribution in [1.29, 1.82) is 0 Å². The van der Waals surface area contributed by atoms with Crippen LogP contribution in [0, 0.1) is 5.92 Å². The first-order valence-corrected chi connectivity index (χ1v) is 8.17. The third kappa shape index (κ3) is 3.54. The largest absolute Gasteiger partial charge is 0.388 e. The fourth-order valence-electron chi connectivity index (χ4n) is 3.30. The van der Waals surface area contributed by atoms with Crippen molar-refractivity contribution in [3.8, 4) is 0 Å². The van der Waals surface area contributed by atoms with Crippen LogP contribution in [-0.4, -0.2) is 17.7 Å². The monoisotopic (exact) mass is 275 g/mol. The van der Waals surface area contributed by atoms with E-state index >= 15 is 0 Å². The van der Waals surface area contributed by atoms with E-state index in [9.17, 15) is 5.11 Å². The normalized spacial score (nSPS) is 17.6. The van der Waals surface area contributed by atoms with E-state index in [0.29, 0.717) is 12.0 Å². The van der Waals surface area contributed by atoms with Crippen LogP contribution in [0.1, 0.15) is 64.5 Å². The van der Waals surface area contributed by atoms with E-state index in [0.717, 1.165) is 18.5 Å². The Morgan fingerprint density at radius 1 is 1.20 bits per heavy atom. The molecule has 0 radical (unpaired) electrons. The Labute approximate surface area is 123 Å². The molecule has 0 aromatic heterocycles. The number of benzene rings is 1. The number of aliphatic hydroxyl groups is 1. The number of nitrogens with zero attached hydrogens (tertiary/aromatic N) is 1. The average Bonchev–Trinajstić information content (AvgIpc) is 2.97. The van der Waals surface area contributed by atoms with Crippen molar-refractivity contribution in [2.45, 2.75) is 65.0 Å². The van der Waals surface area contributed by atoms with E-state index in [1.54, 1.807) is 0 Å². The van der Waals surface area contributed by atoms with Crippen LogP contribution in [0.5, 0.6) is 0 Å². The Morgan fingerprint density at radius 3 is 2.45 bits per heavy atom. The number of aliphatic hydroxyl groups excluding tert-OH is 1. The SMILES string of the molecule is CC[C@H](O)c1ccccc1N(CC(C)C)C1CCCC1. The Hall–Kier alpha value is -1.02. The molecule has 1 aliphatic carbocycles. The molecule has 2 heteroatoms. The lowest BCUT2D eigenvalue weighted by Crippen LogP contribution is -2.37. The minimum Gasteiger partial charge on any atom is -0.388 e. The van der Waals surface area contributed by atoms with Gasteiger partial charge in [0, 0.05) is 23.8 Å². The van der Waals surface area contributed by atoms with Gasteiger partial charge >= 0.3 is 0 Å². The Morgan fingerprint density at radius 2 is 1.85 bits per heavy atom. The standard InChI is InChI=1S/C18H29NO/c1-4-18(20)16-11-7-8-12-17(16)19(13-14(2)3)15-9-5-6-10-15/h7-8,11-12,14-15,18,20H,4-6,9-10,13H2,1-3H3/t18-/m0/s1. The summed E-state index contributed by atoms with van der Waals surface area (Å²) in [5, 5.41) is 10.3. The van der Waals surface area contributed by atoms with Crippen LogP contribution in [0.3, 0.4) is 0 Å². The van der Waals surface area contributed by atoms with Gasteiger partial charge in [-0.3, -0.25) is 0 Å². The topological polar surface area (TPSA) is 23.5 Å². The summed E-state index contributed by atoms with van der Waals surface area (Å²) in [5.74, 6) is 0.641. The van der Waals surface area contributed by atoms with Gasteiger partial charge in [0.1, 0.15) is 0 Å². The maximum atomic E-state index is 10.3. The summed E-state index contributed by atoms with van der Waals surface area (Å²) in [6.07, 6.45) is 5.71. The van der Waals surface area contributed by atoms with E-state index in [-0.39, 0.29) is 6.10 Å². The lowest BCUT2D eigenvalue weighted by atomic mass is 10.0. The van der Waals surface area contributed by atoms with Crippen LogP contribution in [0.15, 0.2) is 24.3 Å². The summed E-state index contributed by atoms with van der Waals surface area (Å²) < 4.78 is 0. The van der Waals surface area contributed by atoms with Gasteiger partial charge in [-0.1, -0.05) is 51.8 Å². The molecule has 0 amide bonds. The average molecular weight is 275 g/mol. The van der Waals surface area contributed by atoms with Crippen LogP contribution in [0.25, 0.3) is 0 Å². The lowest BCUT2D eigenvalue weighted by molar-refractivity contribution is 0.174. The summed E-state index contributed by atoms with van der Waals surface area (Å²) in [6, 6.07) is 9.08. The van der Waals surface area contributed by atoms with Gasteiger partial charge in [-0.2, -0.15) is 0 Å². The highest BCUT2D eigenvalue weighted by atomic mass is 16.3. The molecule has 1 atom stereocenters. The van der Waals surface area contributed by atoms with Crippen molar-refractivity contribution in [3.63, 3.8) is 0 Å². The molecule has 2 nitrogen and oxygen atoms in total. The Bertz CT molecular complexity index is 410. The number of hydrogen-bond acceptors (Lipinski definition) is 2. The quantitative estimate of drug-likeness (QED) is 0.824. The van der Waals surface area contributed by atoms with Crippen molar-refractivity contribution in [3.05, 3.63) is 29.8 Å². The number of anilines is 1. The molecule has 0 spiro atoms. The summed E-state index contributed by atoms with van der Waals surface area (Å²) in [6.45, 7) is 7.68. The minimum atomic E-state index is -0.345. The summed E-state index contributed by atoms with van der Waals surface area (Å²) >= 11 is 0. The third-order valence-electron chi connectivity index (χ3n) is 4.32. The Balaban J connectivity index is 2.32. The molecule has 0 unspecified atom stereocenters. The molecule has 1 saturated carbocycles. The lowest BCUT2D eigenvalue weighted by Gasteiger charge is -2.35. The fourth-order valence-corrected chi connectivity index (χ4v) is 3.30. The molecule has 1 aromatic rings. The summed E-state index contributed by atoms with van der Waals surface area (Å²) in [5.41, 5.74) is 2.35. The minimum absolute atomic E-state index is 0.345. The van der Waals surface area contributed by atoms with Crippen LogP contribution < -0.4 is 4.90 Å². The van der Waals surface area contributed by atoms with Gasteiger partial charge in [0.05, 0.1) is 6.10 Å². The van der Waals surface area contributed by atoms with Gasteiger partial charge in [-0.25, -0.2) is 0 Å². The maximum Gasteiger partial charge on any atom is 0.0807 e. The Kier molecular flexibility index (Phi) is 5.47. The van der Waals surface area contributed by atoms with Crippen molar-refractivity contribution in [2.75, 3.05) is 11.4 Å². The molecule has 1 aromatic carbocycles. The second-order valence-electron chi connectivity index (χ2n) is 6.47. The fraction of sp³-hybridized carbons (Fsp3) is 0.667. The molecule has 20 heavy (non-hydrogen) atoms. The first-order chi connectivity index (χ1) is 9.63. The second kappa shape index (κ2) is 7.12. The van der Waals surface area contributed by atoms with Crippen LogP contribution >= 0.6 is 0 Å². The number of para-hydroxylation sites is 1. The second-order valence-corrected chi connectivity index (χ2v) is 6.47. The van der Waals surface area contributed by atoms with E-state index < -0.39 is 0 Å². The highest BCUT2D eigenvalue weighted by Crippen LogP contribution is 2.34. The van der Waals surface area contributed by atoms with Crippen LogP contribution in [0.2, 0.25) is 0 Å². The highest BCUT2D eigenvalue weighted by Gasteiger charge is 2.26. The van der Waals surface area contributed by atoms with Gasteiger partial charge in [0.15, 0.2) is 0 Å². The van der Waals surface area contributed by atoms with Gasteiger partial charge in [0.25, 0.3) is 0 Å². The molecule has 2 rings (SSSR count). The molecule has 1 fully saturated rings. The van der Waals surface area contributed by atoms with Crippen LogP contribution in [-0.2, 0) is 0 Å². The van der Waals surface area contributed by atoms with E-state index in [1.807, 2.05) is 13.0 Å². The first-order valence-electron chi connectivity index (χ1n) is 8.17. The van der Waals surface area contributed by atoms with Crippen LogP contribution in [0.4, 0.5) is 5.69 Å². The smallest absolute Gasteiger partial charge is 0.0807 e. The van der Waals surface area contributed by atoms with Crippen molar-refractivity contribution in [2.24, 2.45) is 5.92 Å². The zero-order valence-electron chi connectivity index (χ0n) is 13.2. The molecular formula is C18H29NO. The van der Waals surface area contributed by atoms with Gasteiger partial charge < -0.3 is 10.0 Å². The van der Waals surface area contributed by atoms with Gasteiger partial charge in [-0.15, -0.1) is 0 Å². The predicted octanol–water partition coefficient (Wildman–Crippen LogP) is 4.54.